The van der Waals surface area contributed by atoms with Gasteiger partial charge in [-0.3, -0.25) is 9.59 Å². The molecule has 3 N–H and O–H groups in total. The minimum absolute atomic E-state index is 0.0519. The van der Waals surface area contributed by atoms with Crippen molar-refractivity contribution in [2.75, 3.05) is 19.6 Å². The highest BCUT2D eigenvalue weighted by molar-refractivity contribution is 5.88. The highest BCUT2D eigenvalue weighted by atomic mass is 16.2. The van der Waals surface area contributed by atoms with Gasteiger partial charge in [-0.1, -0.05) is 44.2 Å². The van der Waals surface area contributed by atoms with E-state index in [4.69, 9.17) is 0 Å². The molecule has 2 unspecified atom stereocenters. The molecule has 5 heteroatoms. The molecular formula is C20H31N3O2. The van der Waals surface area contributed by atoms with Crippen LogP contribution in [-0.4, -0.2) is 37.5 Å². The molecule has 0 aliphatic carbocycles. The first-order valence-corrected chi connectivity index (χ1v) is 9.38. The molecule has 1 saturated heterocycles. The van der Waals surface area contributed by atoms with E-state index in [-0.39, 0.29) is 17.7 Å². The van der Waals surface area contributed by atoms with E-state index in [0.717, 1.165) is 25.1 Å². The summed E-state index contributed by atoms with van der Waals surface area (Å²) in [4.78, 5) is 24.7. The summed E-state index contributed by atoms with van der Waals surface area (Å²) in [5, 5.41) is 9.28. The Labute approximate surface area is 151 Å². The van der Waals surface area contributed by atoms with Crippen molar-refractivity contribution >= 4 is 11.8 Å². The quantitative estimate of drug-likeness (QED) is 0.674. The molecule has 1 aliphatic heterocycles. The fraction of sp³-hybridized carbons (Fsp3) is 0.600. The molecule has 25 heavy (non-hydrogen) atoms. The van der Waals surface area contributed by atoms with Crippen molar-refractivity contribution in [1.29, 1.82) is 0 Å². The lowest BCUT2D eigenvalue weighted by molar-refractivity contribution is -0.129. The minimum atomic E-state index is -0.485. The first kappa shape index (κ1) is 19.4. The Morgan fingerprint density at radius 3 is 2.64 bits per heavy atom. The molecule has 138 valence electrons. The zero-order valence-electron chi connectivity index (χ0n) is 15.4. The summed E-state index contributed by atoms with van der Waals surface area (Å²) < 4.78 is 0. The Bertz CT molecular complexity index is 539. The lowest BCUT2D eigenvalue weighted by Gasteiger charge is -2.24. The summed E-state index contributed by atoms with van der Waals surface area (Å²) >= 11 is 0. The highest BCUT2D eigenvalue weighted by Gasteiger charge is 2.24. The molecule has 0 radical (unpaired) electrons. The van der Waals surface area contributed by atoms with Crippen molar-refractivity contribution in [2.45, 2.75) is 45.6 Å². The van der Waals surface area contributed by atoms with E-state index in [1.165, 1.54) is 12.8 Å². The predicted octanol–water partition coefficient (Wildman–Crippen LogP) is 1.88. The second-order valence-electron chi connectivity index (χ2n) is 7.24. The third kappa shape index (κ3) is 6.86. The topological polar surface area (TPSA) is 70.2 Å². The average molecular weight is 345 g/mol. The molecule has 0 spiro atoms. The first-order chi connectivity index (χ1) is 12.1. The highest BCUT2D eigenvalue weighted by Crippen LogP contribution is 2.13. The molecule has 2 amide bonds. The van der Waals surface area contributed by atoms with Gasteiger partial charge in [0.25, 0.3) is 0 Å². The summed E-state index contributed by atoms with van der Waals surface area (Å²) in [7, 11) is 0. The maximum absolute atomic E-state index is 12.5. The monoisotopic (exact) mass is 345 g/mol. The average Bonchev–Trinajstić information content (AvgIpc) is 2.61. The summed E-state index contributed by atoms with van der Waals surface area (Å²) in [6.45, 7) is 6.72. The zero-order valence-corrected chi connectivity index (χ0v) is 15.4. The van der Waals surface area contributed by atoms with Gasteiger partial charge in [0, 0.05) is 6.54 Å². The van der Waals surface area contributed by atoms with Crippen LogP contribution in [0.5, 0.6) is 0 Å². The number of amides is 2. The smallest absolute Gasteiger partial charge is 0.242 e. The van der Waals surface area contributed by atoms with Crippen LogP contribution in [-0.2, 0) is 16.0 Å². The van der Waals surface area contributed by atoms with E-state index in [1.54, 1.807) is 0 Å². The normalized spacial score (nSPS) is 18.6. The van der Waals surface area contributed by atoms with Crippen LogP contribution >= 0.6 is 0 Å². The van der Waals surface area contributed by atoms with Crippen molar-refractivity contribution in [3.63, 3.8) is 0 Å². The number of carbonyl (C=O) groups excluding carboxylic acids is 2. The fourth-order valence-corrected chi connectivity index (χ4v) is 3.22. The van der Waals surface area contributed by atoms with Crippen LogP contribution in [0.25, 0.3) is 0 Å². The second-order valence-corrected chi connectivity index (χ2v) is 7.24. The lowest BCUT2D eigenvalue weighted by atomic mass is 9.96. The van der Waals surface area contributed by atoms with Crippen LogP contribution in [0.1, 0.15) is 38.7 Å². The van der Waals surface area contributed by atoms with E-state index < -0.39 is 6.04 Å². The van der Waals surface area contributed by atoms with Crippen LogP contribution in [0.3, 0.4) is 0 Å². The molecule has 5 nitrogen and oxygen atoms in total. The summed E-state index contributed by atoms with van der Waals surface area (Å²) in [6, 6.07) is 9.10. The summed E-state index contributed by atoms with van der Waals surface area (Å²) in [5.41, 5.74) is 0.952. The molecule has 0 bridgehead atoms. The number of hydrogen-bond donors (Lipinski definition) is 3. The van der Waals surface area contributed by atoms with Gasteiger partial charge in [0.1, 0.15) is 6.04 Å². The van der Waals surface area contributed by atoms with Gasteiger partial charge in [0.05, 0.1) is 6.42 Å². The van der Waals surface area contributed by atoms with E-state index in [9.17, 15) is 9.59 Å². The molecule has 1 heterocycles. The predicted molar refractivity (Wildman–Crippen MR) is 100 cm³/mol. The van der Waals surface area contributed by atoms with Gasteiger partial charge >= 0.3 is 0 Å². The van der Waals surface area contributed by atoms with Gasteiger partial charge in [-0.05, 0) is 49.8 Å². The van der Waals surface area contributed by atoms with Crippen LogP contribution in [0.15, 0.2) is 30.3 Å². The molecule has 1 fully saturated rings. The van der Waals surface area contributed by atoms with Crippen molar-refractivity contribution < 1.29 is 9.59 Å². The Morgan fingerprint density at radius 1 is 1.24 bits per heavy atom. The number of carbonyl (C=O) groups is 2. The number of nitrogens with one attached hydrogen (secondary N) is 3. The second kappa shape index (κ2) is 10.2. The maximum atomic E-state index is 12.5. The van der Waals surface area contributed by atoms with E-state index in [2.05, 4.69) is 16.0 Å². The van der Waals surface area contributed by atoms with Gasteiger partial charge in [0.15, 0.2) is 0 Å². The molecular weight excluding hydrogens is 314 g/mol. The Morgan fingerprint density at radius 2 is 2.00 bits per heavy atom. The molecule has 1 aliphatic rings. The van der Waals surface area contributed by atoms with Crippen LogP contribution in [0.2, 0.25) is 0 Å². The lowest BCUT2D eigenvalue weighted by Crippen LogP contribution is -2.50. The SMILES string of the molecule is CC(C)C(NC(=O)Cc1ccccc1)C(=O)NCCC1CCCNC1. The Hall–Kier alpha value is -1.88. The Balaban J connectivity index is 1.77. The first-order valence-electron chi connectivity index (χ1n) is 9.38. The third-order valence-electron chi connectivity index (χ3n) is 4.72. The number of rotatable bonds is 8. The Kier molecular flexibility index (Phi) is 7.92. The van der Waals surface area contributed by atoms with Crippen molar-refractivity contribution in [3.05, 3.63) is 35.9 Å². The van der Waals surface area contributed by atoms with Crippen molar-refractivity contribution in [1.82, 2.24) is 16.0 Å². The number of benzene rings is 1. The van der Waals surface area contributed by atoms with E-state index in [1.807, 2.05) is 44.2 Å². The minimum Gasteiger partial charge on any atom is -0.354 e. The van der Waals surface area contributed by atoms with Gasteiger partial charge < -0.3 is 16.0 Å². The van der Waals surface area contributed by atoms with Crippen LogP contribution in [0, 0.1) is 11.8 Å². The summed E-state index contributed by atoms with van der Waals surface area (Å²) in [6.07, 6.45) is 3.72. The van der Waals surface area contributed by atoms with Gasteiger partial charge in [-0.25, -0.2) is 0 Å². The molecule has 0 saturated carbocycles. The zero-order chi connectivity index (χ0) is 18.1. The van der Waals surface area contributed by atoms with Crippen molar-refractivity contribution in [2.24, 2.45) is 11.8 Å². The largest absolute Gasteiger partial charge is 0.354 e. The number of piperidine rings is 1. The van der Waals surface area contributed by atoms with Gasteiger partial charge in [-0.2, -0.15) is 0 Å². The molecule has 2 atom stereocenters. The van der Waals surface area contributed by atoms with Gasteiger partial charge in [0.2, 0.25) is 11.8 Å². The maximum Gasteiger partial charge on any atom is 0.242 e. The van der Waals surface area contributed by atoms with E-state index >= 15 is 0 Å². The molecule has 1 aromatic carbocycles. The van der Waals surface area contributed by atoms with Crippen LogP contribution in [0.4, 0.5) is 0 Å². The van der Waals surface area contributed by atoms with Crippen LogP contribution < -0.4 is 16.0 Å². The fourth-order valence-electron chi connectivity index (χ4n) is 3.22. The van der Waals surface area contributed by atoms with Gasteiger partial charge in [-0.15, -0.1) is 0 Å². The number of hydrogen-bond acceptors (Lipinski definition) is 3. The molecule has 1 aromatic rings. The van der Waals surface area contributed by atoms with Crippen molar-refractivity contribution in [3.8, 4) is 0 Å². The molecule has 2 rings (SSSR count). The standard InChI is InChI=1S/C20H31N3O2/c1-15(2)19(23-18(24)13-16-7-4-3-5-8-16)20(25)22-12-10-17-9-6-11-21-14-17/h3-5,7-8,15,17,19,21H,6,9-14H2,1-2H3,(H,22,25)(H,23,24). The molecule has 0 aromatic heterocycles. The third-order valence-corrected chi connectivity index (χ3v) is 4.72. The van der Waals surface area contributed by atoms with E-state index in [0.29, 0.717) is 18.9 Å². The summed E-state index contributed by atoms with van der Waals surface area (Å²) in [5.74, 6) is 0.493.